The zero-order chi connectivity index (χ0) is 44.4. The Labute approximate surface area is 375 Å². The fourth-order valence-electron chi connectivity index (χ4n) is 6.57. The normalized spacial score (nSPS) is 12.8. The van der Waals surface area contributed by atoms with Crippen LogP contribution in [0.25, 0.3) is 0 Å². The summed E-state index contributed by atoms with van der Waals surface area (Å²) in [6.07, 6.45) is 62.8. The van der Waals surface area contributed by atoms with Crippen LogP contribution in [0.3, 0.4) is 0 Å². The second kappa shape index (κ2) is 49.2. The molecule has 6 nitrogen and oxygen atoms in total. The van der Waals surface area contributed by atoms with Gasteiger partial charge in [-0.3, -0.25) is 14.4 Å². The molecule has 0 bridgehead atoms. The molecule has 0 aliphatic heterocycles. The van der Waals surface area contributed by atoms with Gasteiger partial charge in [0.05, 0.1) is 0 Å². The molecule has 0 unspecified atom stereocenters. The monoisotopic (exact) mass is 849 g/mol. The molecule has 0 rings (SSSR count). The lowest BCUT2D eigenvalue weighted by Crippen LogP contribution is -2.30. The second-order valence-corrected chi connectivity index (χ2v) is 16.3. The van der Waals surface area contributed by atoms with Crippen LogP contribution in [0.2, 0.25) is 0 Å². The summed E-state index contributed by atoms with van der Waals surface area (Å²) < 4.78 is 16.7. The Kier molecular flexibility index (Phi) is 46.5. The molecule has 0 aromatic rings. The number of esters is 3. The molecular formula is C55H92O6. The molecule has 6 heteroatoms. The molecular weight excluding hydrogens is 757 g/mol. The van der Waals surface area contributed by atoms with Crippen LogP contribution in [0, 0.1) is 0 Å². The SMILES string of the molecule is CC/C=C\C/C=C\C/C=C\C/C=C\C/C=C\CCCC(=O)OC[C@H](COC(=O)CCCCCCC/C=C\CCCC)OC(=O)CCCCCCCCC/C=C\CCCCCC. The van der Waals surface area contributed by atoms with Gasteiger partial charge in [0.25, 0.3) is 0 Å². The second-order valence-electron chi connectivity index (χ2n) is 16.3. The van der Waals surface area contributed by atoms with E-state index in [1.807, 2.05) is 0 Å². The van der Waals surface area contributed by atoms with Crippen molar-refractivity contribution in [2.24, 2.45) is 0 Å². The lowest BCUT2D eigenvalue weighted by molar-refractivity contribution is -0.167. The fraction of sp³-hybridized carbons (Fsp3) is 0.691. The van der Waals surface area contributed by atoms with E-state index in [0.29, 0.717) is 19.3 Å². The Morgan fingerprint density at radius 2 is 0.672 bits per heavy atom. The molecule has 0 amide bonds. The van der Waals surface area contributed by atoms with Gasteiger partial charge < -0.3 is 14.2 Å². The fourth-order valence-corrected chi connectivity index (χ4v) is 6.57. The zero-order valence-electron chi connectivity index (χ0n) is 39.7. The molecule has 0 saturated carbocycles. The van der Waals surface area contributed by atoms with Crippen LogP contribution in [0.1, 0.15) is 226 Å². The molecule has 0 N–H and O–H groups in total. The van der Waals surface area contributed by atoms with E-state index < -0.39 is 6.10 Å². The Hall–Kier alpha value is -3.41. The van der Waals surface area contributed by atoms with E-state index in [2.05, 4.69) is 106 Å². The lowest BCUT2D eigenvalue weighted by atomic mass is 10.1. The number of unbranched alkanes of at least 4 members (excludes halogenated alkanes) is 19. The van der Waals surface area contributed by atoms with Gasteiger partial charge in [-0.1, -0.05) is 189 Å². The van der Waals surface area contributed by atoms with Gasteiger partial charge in [0.1, 0.15) is 13.2 Å². The molecule has 0 radical (unpaired) electrons. The van der Waals surface area contributed by atoms with Gasteiger partial charge in [-0.2, -0.15) is 0 Å². The smallest absolute Gasteiger partial charge is 0.306 e. The Bertz CT molecular complexity index is 1200. The first-order chi connectivity index (χ1) is 30.0. The van der Waals surface area contributed by atoms with Crippen LogP contribution < -0.4 is 0 Å². The van der Waals surface area contributed by atoms with Gasteiger partial charge in [-0.25, -0.2) is 0 Å². The third kappa shape index (κ3) is 47.5. The van der Waals surface area contributed by atoms with Crippen LogP contribution in [0.15, 0.2) is 85.1 Å². The molecule has 0 aromatic heterocycles. The molecule has 348 valence electrons. The molecule has 0 spiro atoms. The van der Waals surface area contributed by atoms with Crippen molar-refractivity contribution in [1.29, 1.82) is 0 Å². The van der Waals surface area contributed by atoms with Crippen molar-refractivity contribution in [3.63, 3.8) is 0 Å². The van der Waals surface area contributed by atoms with Crippen molar-refractivity contribution < 1.29 is 28.6 Å². The minimum Gasteiger partial charge on any atom is -0.462 e. The predicted molar refractivity (Wildman–Crippen MR) is 261 cm³/mol. The van der Waals surface area contributed by atoms with Gasteiger partial charge in [-0.15, -0.1) is 0 Å². The lowest BCUT2D eigenvalue weighted by Gasteiger charge is -2.18. The summed E-state index contributed by atoms with van der Waals surface area (Å²) in [5.74, 6) is -0.978. The van der Waals surface area contributed by atoms with E-state index in [-0.39, 0.29) is 37.5 Å². The Morgan fingerprint density at radius 1 is 0.344 bits per heavy atom. The first-order valence-electron chi connectivity index (χ1n) is 25.1. The number of rotatable bonds is 44. The van der Waals surface area contributed by atoms with Gasteiger partial charge in [-0.05, 0) is 103 Å². The largest absolute Gasteiger partial charge is 0.462 e. The average molecular weight is 849 g/mol. The predicted octanol–water partition coefficient (Wildman–Crippen LogP) is 16.4. The van der Waals surface area contributed by atoms with Crippen LogP contribution >= 0.6 is 0 Å². The highest BCUT2D eigenvalue weighted by atomic mass is 16.6. The highest BCUT2D eigenvalue weighted by molar-refractivity contribution is 5.71. The van der Waals surface area contributed by atoms with E-state index in [9.17, 15) is 14.4 Å². The van der Waals surface area contributed by atoms with Crippen molar-refractivity contribution in [2.45, 2.75) is 232 Å². The third-order valence-electron chi connectivity index (χ3n) is 10.4. The summed E-state index contributed by atoms with van der Waals surface area (Å²) in [6.45, 7) is 6.40. The zero-order valence-corrected chi connectivity index (χ0v) is 39.7. The third-order valence-corrected chi connectivity index (χ3v) is 10.4. The van der Waals surface area contributed by atoms with Crippen molar-refractivity contribution >= 4 is 17.9 Å². The molecule has 0 fully saturated rings. The Morgan fingerprint density at radius 3 is 1.13 bits per heavy atom. The Balaban J connectivity index is 4.48. The average Bonchev–Trinajstić information content (AvgIpc) is 3.26. The maximum absolute atomic E-state index is 12.8. The van der Waals surface area contributed by atoms with Crippen LogP contribution in [-0.2, 0) is 28.6 Å². The van der Waals surface area contributed by atoms with Crippen molar-refractivity contribution in [3.05, 3.63) is 85.1 Å². The standard InChI is InChI=1S/C55H92O6/c1-4-7-10-13-16-19-22-24-26-27-29-30-33-36-39-42-45-48-54(57)60-51-52(50-59-53(56)47-44-41-38-35-32-21-18-15-12-9-6-3)61-55(58)49-46-43-40-37-34-31-28-25-23-20-17-14-11-8-5-2/h7,10,15-16,18-20,23-24,26,29-30,36,39,52H,4-6,8-9,11-14,17,21-22,25,27-28,31-35,37-38,40-51H2,1-3H3/b10-7-,18-15-,19-16-,23-20-,26-24-,30-29-,39-36-/t52-/m0/s1. The van der Waals surface area contributed by atoms with E-state index in [0.717, 1.165) is 89.9 Å². The molecule has 61 heavy (non-hydrogen) atoms. The quantitative estimate of drug-likeness (QED) is 0.0263. The summed E-state index contributed by atoms with van der Waals surface area (Å²) in [5, 5.41) is 0. The first-order valence-corrected chi connectivity index (χ1v) is 25.1. The van der Waals surface area contributed by atoms with Crippen molar-refractivity contribution in [1.82, 2.24) is 0 Å². The van der Waals surface area contributed by atoms with Gasteiger partial charge in [0, 0.05) is 19.3 Å². The number of carbonyl (C=O) groups is 3. The number of hydrogen-bond acceptors (Lipinski definition) is 6. The molecule has 0 heterocycles. The minimum absolute atomic E-state index is 0.101. The highest BCUT2D eigenvalue weighted by Crippen LogP contribution is 2.13. The molecule has 0 aliphatic carbocycles. The molecule has 0 aromatic carbocycles. The van der Waals surface area contributed by atoms with E-state index >= 15 is 0 Å². The van der Waals surface area contributed by atoms with E-state index in [4.69, 9.17) is 14.2 Å². The maximum Gasteiger partial charge on any atom is 0.306 e. The number of allylic oxidation sites excluding steroid dienone is 14. The number of hydrogen-bond donors (Lipinski definition) is 0. The van der Waals surface area contributed by atoms with Gasteiger partial charge in [0.15, 0.2) is 6.10 Å². The molecule has 0 aliphatic rings. The summed E-state index contributed by atoms with van der Waals surface area (Å²) in [4.78, 5) is 37.9. The molecule has 0 saturated heterocycles. The van der Waals surface area contributed by atoms with E-state index in [1.165, 1.54) is 89.9 Å². The van der Waals surface area contributed by atoms with E-state index in [1.54, 1.807) is 0 Å². The molecule has 1 atom stereocenters. The summed E-state index contributed by atoms with van der Waals surface area (Å²) in [7, 11) is 0. The number of carbonyl (C=O) groups excluding carboxylic acids is 3. The summed E-state index contributed by atoms with van der Waals surface area (Å²) in [6, 6.07) is 0. The number of ether oxygens (including phenoxy) is 3. The van der Waals surface area contributed by atoms with Crippen molar-refractivity contribution in [3.8, 4) is 0 Å². The van der Waals surface area contributed by atoms with Gasteiger partial charge >= 0.3 is 17.9 Å². The highest BCUT2D eigenvalue weighted by Gasteiger charge is 2.19. The van der Waals surface area contributed by atoms with Crippen LogP contribution in [-0.4, -0.2) is 37.2 Å². The first kappa shape index (κ1) is 57.6. The topological polar surface area (TPSA) is 78.9 Å². The minimum atomic E-state index is -0.804. The summed E-state index contributed by atoms with van der Waals surface area (Å²) >= 11 is 0. The maximum atomic E-state index is 12.8. The summed E-state index contributed by atoms with van der Waals surface area (Å²) in [5.41, 5.74) is 0. The van der Waals surface area contributed by atoms with Crippen LogP contribution in [0.5, 0.6) is 0 Å². The van der Waals surface area contributed by atoms with Crippen molar-refractivity contribution in [2.75, 3.05) is 13.2 Å². The van der Waals surface area contributed by atoms with Crippen LogP contribution in [0.4, 0.5) is 0 Å². The van der Waals surface area contributed by atoms with Gasteiger partial charge in [0.2, 0.25) is 0 Å².